The maximum atomic E-state index is 5.88. The molecule has 6 nitrogen and oxygen atoms in total. The monoisotopic (exact) mass is 227 g/mol. The average molecular weight is 227 g/mol. The van der Waals surface area contributed by atoms with Gasteiger partial charge < -0.3 is 19.7 Å². The third kappa shape index (κ3) is 2.09. The summed E-state index contributed by atoms with van der Waals surface area (Å²) in [6.45, 7) is 3.10. The lowest BCUT2D eigenvalue weighted by atomic mass is 10.1. The van der Waals surface area contributed by atoms with E-state index in [-0.39, 0.29) is 18.1 Å². The van der Waals surface area contributed by atoms with Gasteiger partial charge in [0.25, 0.3) is 0 Å². The minimum absolute atomic E-state index is 0.00983. The van der Waals surface area contributed by atoms with Gasteiger partial charge in [-0.2, -0.15) is 4.98 Å². The molecule has 1 fully saturated rings. The zero-order valence-electron chi connectivity index (χ0n) is 9.55. The summed E-state index contributed by atoms with van der Waals surface area (Å²) in [5, 5.41) is 3.92. The van der Waals surface area contributed by atoms with Crippen LogP contribution in [-0.2, 0) is 9.47 Å². The largest absolute Gasteiger partial charge is 0.379 e. The molecule has 0 bridgehead atoms. The molecule has 0 saturated carbocycles. The zero-order chi connectivity index (χ0) is 11.5. The first-order valence-electron chi connectivity index (χ1n) is 5.45. The number of aromatic nitrogens is 2. The van der Waals surface area contributed by atoms with Crippen molar-refractivity contribution in [3.8, 4) is 0 Å². The third-order valence-electron chi connectivity index (χ3n) is 2.84. The van der Waals surface area contributed by atoms with Gasteiger partial charge in [0.15, 0.2) is 0 Å². The highest BCUT2D eigenvalue weighted by Crippen LogP contribution is 2.25. The molecule has 2 N–H and O–H groups in total. The van der Waals surface area contributed by atoms with Crippen LogP contribution in [-0.4, -0.2) is 36.5 Å². The van der Waals surface area contributed by atoms with Crippen molar-refractivity contribution < 1.29 is 14.0 Å². The van der Waals surface area contributed by atoms with Gasteiger partial charge in [-0.15, -0.1) is 0 Å². The van der Waals surface area contributed by atoms with Crippen LogP contribution in [0.4, 0.5) is 0 Å². The fraction of sp³-hybridized carbons (Fsp3) is 0.800. The molecule has 3 unspecified atom stereocenters. The summed E-state index contributed by atoms with van der Waals surface area (Å²) in [5.74, 6) is 1.14. The molecule has 0 amide bonds. The number of nitrogens with zero attached hydrogens (tertiary/aromatic N) is 2. The maximum absolute atomic E-state index is 5.88. The summed E-state index contributed by atoms with van der Waals surface area (Å²) in [4.78, 5) is 4.32. The Morgan fingerprint density at radius 3 is 2.94 bits per heavy atom. The SMILES string of the molecule is CCC(OC)c1noc(C2COCC2N)n1. The van der Waals surface area contributed by atoms with Crippen molar-refractivity contribution in [2.45, 2.75) is 31.4 Å². The fourth-order valence-electron chi connectivity index (χ4n) is 1.81. The van der Waals surface area contributed by atoms with Crippen molar-refractivity contribution in [3.05, 3.63) is 11.7 Å². The van der Waals surface area contributed by atoms with E-state index in [0.717, 1.165) is 6.42 Å². The van der Waals surface area contributed by atoms with Crippen LogP contribution in [0.1, 0.15) is 37.1 Å². The first-order valence-corrected chi connectivity index (χ1v) is 5.45. The summed E-state index contributed by atoms with van der Waals surface area (Å²) in [5.41, 5.74) is 5.88. The number of hydrogen-bond acceptors (Lipinski definition) is 6. The predicted octanol–water partition coefficient (Wildman–Crippen LogP) is 0.608. The molecule has 0 radical (unpaired) electrons. The number of methoxy groups -OCH3 is 1. The quantitative estimate of drug-likeness (QED) is 0.811. The summed E-state index contributed by atoms with van der Waals surface area (Å²) in [7, 11) is 1.63. The minimum atomic E-state index is -0.115. The predicted molar refractivity (Wildman–Crippen MR) is 55.9 cm³/mol. The van der Waals surface area contributed by atoms with Gasteiger partial charge in [0.05, 0.1) is 19.1 Å². The van der Waals surface area contributed by atoms with E-state index < -0.39 is 0 Å². The second kappa shape index (κ2) is 4.90. The number of ether oxygens (including phenoxy) is 2. The van der Waals surface area contributed by atoms with E-state index in [9.17, 15) is 0 Å². The Hall–Kier alpha value is -0.980. The molecule has 1 aliphatic heterocycles. The highest BCUT2D eigenvalue weighted by atomic mass is 16.5. The van der Waals surface area contributed by atoms with Crippen LogP contribution < -0.4 is 5.73 Å². The molecule has 0 spiro atoms. The van der Waals surface area contributed by atoms with E-state index in [2.05, 4.69) is 10.1 Å². The summed E-state index contributed by atoms with van der Waals surface area (Å²) in [6.07, 6.45) is 0.693. The fourth-order valence-corrected chi connectivity index (χ4v) is 1.81. The summed E-state index contributed by atoms with van der Waals surface area (Å²) < 4.78 is 15.7. The maximum Gasteiger partial charge on any atom is 0.233 e. The Bertz CT molecular complexity index is 338. The van der Waals surface area contributed by atoms with Gasteiger partial charge in [-0.05, 0) is 6.42 Å². The molecule has 90 valence electrons. The highest BCUT2D eigenvalue weighted by molar-refractivity contribution is 5.02. The number of nitrogens with two attached hydrogens (primary N) is 1. The molecule has 2 heterocycles. The van der Waals surface area contributed by atoms with E-state index in [1.54, 1.807) is 7.11 Å². The van der Waals surface area contributed by atoms with Crippen LogP contribution in [0.25, 0.3) is 0 Å². The van der Waals surface area contributed by atoms with Crippen molar-refractivity contribution in [2.75, 3.05) is 20.3 Å². The third-order valence-corrected chi connectivity index (χ3v) is 2.84. The van der Waals surface area contributed by atoms with Crippen LogP contribution in [0.3, 0.4) is 0 Å². The first kappa shape index (κ1) is 11.5. The van der Waals surface area contributed by atoms with Gasteiger partial charge in [-0.3, -0.25) is 0 Å². The summed E-state index contributed by atoms with van der Waals surface area (Å²) >= 11 is 0. The Balaban J connectivity index is 2.12. The molecule has 3 atom stereocenters. The average Bonchev–Trinajstić information content (AvgIpc) is 2.89. The molecular weight excluding hydrogens is 210 g/mol. The van der Waals surface area contributed by atoms with E-state index in [1.165, 1.54) is 0 Å². The molecule has 1 aromatic rings. The Labute approximate surface area is 94.1 Å². The van der Waals surface area contributed by atoms with Gasteiger partial charge in [0.2, 0.25) is 11.7 Å². The molecule has 2 rings (SSSR count). The van der Waals surface area contributed by atoms with Gasteiger partial charge in [0.1, 0.15) is 6.10 Å². The Kier molecular flexibility index (Phi) is 3.52. The van der Waals surface area contributed by atoms with Crippen molar-refractivity contribution in [3.63, 3.8) is 0 Å². The minimum Gasteiger partial charge on any atom is -0.379 e. The van der Waals surface area contributed by atoms with Gasteiger partial charge in [-0.1, -0.05) is 12.1 Å². The van der Waals surface area contributed by atoms with Crippen molar-refractivity contribution in [1.82, 2.24) is 10.1 Å². The number of rotatable bonds is 4. The zero-order valence-corrected chi connectivity index (χ0v) is 9.55. The normalized spacial score (nSPS) is 27.2. The van der Waals surface area contributed by atoms with Crippen molar-refractivity contribution in [1.29, 1.82) is 0 Å². The van der Waals surface area contributed by atoms with Crippen LogP contribution in [0.15, 0.2) is 4.52 Å². The van der Waals surface area contributed by atoms with Gasteiger partial charge in [0, 0.05) is 13.2 Å². The second-order valence-electron chi connectivity index (χ2n) is 3.93. The number of hydrogen-bond donors (Lipinski definition) is 1. The molecule has 0 aliphatic carbocycles. The highest BCUT2D eigenvalue weighted by Gasteiger charge is 2.32. The summed E-state index contributed by atoms with van der Waals surface area (Å²) in [6, 6.07) is -0.0593. The Morgan fingerprint density at radius 1 is 1.56 bits per heavy atom. The van der Waals surface area contributed by atoms with Crippen LogP contribution in [0.2, 0.25) is 0 Å². The van der Waals surface area contributed by atoms with Gasteiger partial charge in [-0.25, -0.2) is 0 Å². The van der Waals surface area contributed by atoms with Gasteiger partial charge >= 0.3 is 0 Å². The molecule has 1 saturated heterocycles. The van der Waals surface area contributed by atoms with Crippen LogP contribution in [0, 0.1) is 0 Å². The molecular formula is C10H17N3O3. The van der Waals surface area contributed by atoms with E-state index in [0.29, 0.717) is 24.9 Å². The topological polar surface area (TPSA) is 83.4 Å². The lowest BCUT2D eigenvalue weighted by Crippen LogP contribution is -2.27. The lowest BCUT2D eigenvalue weighted by Gasteiger charge is -2.07. The second-order valence-corrected chi connectivity index (χ2v) is 3.93. The first-order chi connectivity index (χ1) is 7.76. The van der Waals surface area contributed by atoms with E-state index in [4.69, 9.17) is 19.7 Å². The van der Waals surface area contributed by atoms with Crippen molar-refractivity contribution >= 4 is 0 Å². The van der Waals surface area contributed by atoms with Crippen LogP contribution >= 0.6 is 0 Å². The standard InChI is InChI=1S/C10H17N3O3/c1-3-8(14-2)9-12-10(16-13-9)6-4-15-5-7(6)11/h6-8H,3-5,11H2,1-2H3. The molecule has 1 aliphatic rings. The molecule has 1 aromatic heterocycles. The molecule has 0 aromatic carbocycles. The van der Waals surface area contributed by atoms with E-state index >= 15 is 0 Å². The lowest BCUT2D eigenvalue weighted by molar-refractivity contribution is 0.0903. The molecule has 6 heteroatoms. The smallest absolute Gasteiger partial charge is 0.233 e. The Morgan fingerprint density at radius 2 is 2.38 bits per heavy atom. The van der Waals surface area contributed by atoms with Crippen LogP contribution in [0.5, 0.6) is 0 Å². The van der Waals surface area contributed by atoms with Crippen molar-refractivity contribution in [2.24, 2.45) is 5.73 Å². The van der Waals surface area contributed by atoms with E-state index in [1.807, 2.05) is 6.92 Å². The molecule has 16 heavy (non-hydrogen) atoms.